The van der Waals surface area contributed by atoms with Gasteiger partial charge in [0.25, 0.3) is 0 Å². The molecule has 0 nitrogen and oxygen atoms in total. The van der Waals surface area contributed by atoms with E-state index in [1.807, 2.05) is 0 Å². The van der Waals surface area contributed by atoms with Crippen molar-refractivity contribution in [3.05, 3.63) is 0 Å². The fourth-order valence-corrected chi connectivity index (χ4v) is 30.4. The summed E-state index contributed by atoms with van der Waals surface area (Å²) in [4.78, 5) is 0. The predicted molar refractivity (Wildman–Crippen MR) is 72.3 cm³/mol. The highest BCUT2D eigenvalue weighted by molar-refractivity contribution is 14.1. The summed E-state index contributed by atoms with van der Waals surface area (Å²) in [5, 5.41) is 0. The van der Waals surface area contributed by atoms with Crippen molar-refractivity contribution in [2.75, 3.05) is 0 Å². The molecule has 0 spiro atoms. The van der Waals surface area contributed by atoms with E-state index in [4.69, 9.17) is 4.11 Å². The van der Waals surface area contributed by atoms with Crippen LogP contribution in [0.4, 0.5) is 0 Å². The molecule has 11 heavy (non-hydrogen) atoms. The van der Waals surface area contributed by atoms with Crippen molar-refractivity contribution in [2.24, 2.45) is 0 Å². The van der Waals surface area contributed by atoms with E-state index < -0.39 is 26.3 Å². The molecule has 0 unspecified atom stereocenters. The zero-order chi connectivity index (χ0) is 12.0. The van der Waals surface area contributed by atoms with Gasteiger partial charge in [-0.25, -0.2) is 0 Å². The smallest absolute Gasteiger partial charge is 0.106 e. The van der Waals surface area contributed by atoms with Crippen LogP contribution < -0.4 is 0 Å². The van der Waals surface area contributed by atoms with E-state index in [-0.39, 0.29) is 0 Å². The highest BCUT2D eigenvalue weighted by Gasteiger charge is 2.48. The maximum absolute atomic E-state index is 7.85. The van der Waals surface area contributed by atoms with Gasteiger partial charge in [0.15, 0.2) is 0 Å². The molecule has 0 saturated heterocycles. The topological polar surface area (TPSA) is 0 Å². The van der Waals surface area contributed by atoms with Crippen LogP contribution >= 0.6 is 21.8 Å². The van der Waals surface area contributed by atoms with Gasteiger partial charge in [0, 0.05) is 19.3 Å². The molecule has 0 amide bonds. The molecular formula is C7H21ISi3. The summed E-state index contributed by atoms with van der Waals surface area (Å²) >= 11 is 2.39. The quantitative estimate of drug-likeness (QED) is 0.412. The Balaban J connectivity index is 5.54. The molecule has 0 bridgehead atoms. The maximum Gasteiger partial charge on any atom is 0.106 e. The van der Waals surface area contributed by atoms with Crippen LogP contribution in [0, 0.1) is 0 Å². The molecular weight excluding hydrogens is 295 g/mol. The van der Waals surface area contributed by atoms with Crippen molar-refractivity contribution in [3.63, 3.8) is 0 Å². The van der Waals surface area contributed by atoms with Gasteiger partial charge in [-0.2, -0.15) is 0 Å². The molecule has 0 atom stereocenters. The van der Waals surface area contributed by atoms with Gasteiger partial charge in [-0.1, -0.05) is 45.8 Å². The monoisotopic (exact) mass is 319 g/mol. The van der Waals surface area contributed by atoms with Gasteiger partial charge in [0.1, 0.15) is 4.61 Å². The van der Waals surface area contributed by atoms with E-state index in [1.54, 1.807) is 0 Å². The molecule has 0 heterocycles. The van der Waals surface area contributed by atoms with Crippen molar-refractivity contribution in [3.8, 4) is 0 Å². The summed E-state index contributed by atoms with van der Waals surface area (Å²) in [6, 6.07) is 0. The highest BCUT2D eigenvalue weighted by atomic mass is 127. The van der Waals surface area contributed by atoms with Crippen molar-refractivity contribution < 1.29 is 4.11 Å². The van der Waals surface area contributed by atoms with Crippen molar-refractivity contribution in [1.29, 1.82) is 0 Å². The van der Waals surface area contributed by atoms with Gasteiger partial charge >= 0.3 is 0 Å². The molecule has 68 valence electrons. The first-order chi connectivity index (χ1) is 5.75. The van der Waals surface area contributed by atoms with Crippen LogP contribution in [0.25, 0.3) is 0 Å². The van der Waals surface area contributed by atoms with Gasteiger partial charge in [-0.15, -0.1) is 21.8 Å². The van der Waals surface area contributed by atoms with Gasteiger partial charge in [0.2, 0.25) is 0 Å². The Morgan fingerprint density at radius 1 is 0.909 bits per heavy atom. The van der Waals surface area contributed by atoms with E-state index in [9.17, 15) is 0 Å². The predicted octanol–water partition coefficient (Wildman–Crippen LogP) is 3.83. The van der Waals surface area contributed by atoms with E-state index in [0.717, 1.165) is 0 Å². The molecule has 0 fully saturated rings. The van der Waals surface area contributed by atoms with Gasteiger partial charge in [-0.3, -0.25) is 0 Å². The van der Waals surface area contributed by atoms with E-state index in [1.165, 1.54) is 0 Å². The number of hydrogen-bond donors (Lipinski definition) is 0. The van der Waals surface area contributed by atoms with E-state index in [0.29, 0.717) is 0 Å². The molecule has 0 aliphatic carbocycles. The van der Waals surface area contributed by atoms with Gasteiger partial charge in [-0.05, 0) is 0 Å². The Morgan fingerprint density at radius 2 is 1.18 bits per heavy atom. The zero-order valence-electron chi connectivity index (χ0n) is 11.4. The first kappa shape index (κ1) is 7.75. The van der Waals surface area contributed by atoms with Crippen LogP contribution in [-0.2, 0) is 0 Å². The molecule has 0 rings (SSSR count). The molecule has 0 aromatic carbocycles. The summed E-state index contributed by atoms with van der Waals surface area (Å²) in [6.07, 6.45) is 0. The Bertz CT molecular complexity index is 178. The third-order valence-electron chi connectivity index (χ3n) is 2.07. The summed E-state index contributed by atoms with van der Waals surface area (Å²) in [6.45, 7) is 11.7. The fraction of sp³-hybridized carbons (Fsp3) is 1.00. The normalized spacial score (nSPS) is 20.5. The number of rotatable bonds is 2. The first-order valence-corrected chi connectivity index (χ1v) is 18.1. The second-order valence-corrected chi connectivity index (χ2v) is 41.4. The van der Waals surface area contributed by atoms with Crippen LogP contribution in [0.5, 0.6) is 0 Å². The zero-order valence-corrected chi connectivity index (χ0v) is 13.5. The van der Waals surface area contributed by atoms with Crippen LogP contribution in [0.2, 0.25) is 45.8 Å². The first-order valence-electron chi connectivity index (χ1n) is 5.44. The van der Waals surface area contributed by atoms with Crippen molar-refractivity contribution >= 4 is 41.6 Å². The van der Waals surface area contributed by atoms with Crippen LogP contribution in [0.15, 0.2) is 0 Å². The molecule has 0 aliphatic heterocycles. The van der Waals surface area contributed by atoms with Gasteiger partial charge in [0.05, 0.1) is 0 Å². The van der Waals surface area contributed by atoms with Crippen molar-refractivity contribution in [1.82, 2.24) is 0 Å². The average molecular weight is 319 g/mol. The molecule has 4 heteroatoms. The van der Waals surface area contributed by atoms with Crippen LogP contribution in [-0.4, -0.2) is 19.8 Å². The van der Waals surface area contributed by atoms with Gasteiger partial charge < -0.3 is 0 Å². The highest BCUT2D eigenvalue weighted by Crippen LogP contribution is 2.34. The molecule has 0 saturated carbocycles. The Morgan fingerprint density at radius 3 is 1.18 bits per heavy atom. The second-order valence-electron chi connectivity index (χ2n) is 5.16. The average Bonchev–Trinajstić information content (AvgIpc) is 1.77. The SMILES string of the molecule is [2H]C([2H])([2H])[Si](I)([Si](C)(C)C)[Si](C)(C)C. The third-order valence-corrected chi connectivity index (χ3v) is 61.2. The van der Waals surface area contributed by atoms with Crippen LogP contribution in [0.1, 0.15) is 4.11 Å². The Hall–Kier alpha value is 1.38. The summed E-state index contributed by atoms with van der Waals surface area (Å²) < 4.78 is 21.5. The third kappa shape index (κ3) is 2.67. The minimum atomic E-state index is -2.11. The summed E-state index contributed by atoms with van der Waals surface area (Å²) in [5.74, 6) is 0. The molecule has 0 aromatic heterocycles. The summed E-state index contributed by atoms with van der Waals surface area (Å²) in [7, 11) is -3.11. The molecule has 0 N–H and O–H groups in total. The lowest BCUT2D eigenvalue weighted by atomic mass is 11.8. The maximum atomic E-state index is 7.85. The molecule has 0 aliphatic rings. The van der Waals surface area contributed by atoms with Crippen LogP contribution in [0.3, 0.4) is 0 Å². The lowest BCUT2D eigenvalue weighted by Gasteiger charge is -2.42. The number of halogens is 1. The Labute approximate surface area is 91.2 Å². The minimum Gasteiger partial charge on any atom is -0.126 e. The Kier molecular flexibility index (Phi) is 2.30. The minimum absolute atomic E-state index is 1.56. The number of hydrogen-bond acceptors (Lipinski definition) is 0. The van der Waals surface area contributed by atoms with E-state index in [2.05, 4.69) is 61.1 Å². The lowest BCUT2D eigenvalue weighted by molar-refractivity contribution is 1.78. The fourth-order valence-electron chi connectivity index (χ4n) is 1.12. The summed E-state index contributed by atoms with van der Waals surface area (Å²) in [5.41, 5.74) is 0. The molecule has 0 aromatic rings. The lowest BCUT2D eigenvalue weighted by Crippen LogP contribution is -2.65. The molecule has 0 radical (unpaired) electrons. The largest absolute Gasteiger partial charge is 0.126 e. The van der Waals surface area contributed by atoms with Crippen molar-refractivity contribution in [2.45, 2.75) is 45.8 Å². The standard InChI is InChI=1S/C7H21ISi3/c1-9(2,3)11(7,8)10(4,5)6/h1-7H3/i7D3. The van der Waals surface area contributed by atoms with E-state index >= 15 is 0 Å². The second kappa shape index (κ2) is 3.26.